The molecule has 2 aromatic carbocycles. The average Bonchev–Trinajstić information content (AvgIpc) is 2.69. The van der Waals surface area contributed by atoms with Gasteiger partial charge in [-0.2, -0.15) is 0 Å². The van der Waals surface area contributed by atoms with Crippen LogP contribution < -0.4 is 10.1 Å². The number of benzene rings is 2. The van der Waals surface area contributed by atoms with Crippen LogP contribution in [0.25, 0.3) is 0 Å². The number of carbonyl (C=O) groups is 1. The first-order valence-corrected chi connectivity index (χ1v) is 11.5. The van der Waals surface area contributed by atoms with Crippen molar-refractivity contribution in [2.24, 2.45) is 0 Å². The van der Waals surface area contributed by atoms with E-state index in [2.05, 4.69) is 19.2 Å². The van der Waals surface area contributed by atoms with Crippen LogP contribution in [0.1, 0.15) is 50.3 Å². The van der Waals surface area contributed by atoms with Crippen molar-refractivity contribution >= 4 is 40.9 Å². The molecule has 1 aliphatic heterocycles. The van der Waals surface area contributed by atoms with Crippen LogP contribution in [0.2, 0.25) is 10.0 Å². The van der Waals surface area contributed by atoms with E-state index in [0.29, 0.717) is 21.6 Å². The number of hydrogen-bond acceptors (Lipinski definition) is 3. The summed E-state index contributed by atoms with van der Waals surface area (Å²) in [6.07, 6.45) is 2.61. The third-order valence-corrected chi connectivity index (χ3v) is 6.90. The number of thioether (sulfide) groups is 1. The highest BCUT2D eigenvalue weighted by Crippen LogP contribution is 2.42. The van der Waals surface area contributed by atoms with E-state index in [9.17, 15) is 4.79 Å². The van der Waals surface area contributed by atoms with E-state index >= 15 is 0 Å². The molecule has 0 saturated carbocycles. The molecular weight excluding hydrogens is 413 g/mol. The van der Waals surface area contributed by atoms with Crippen molar-refractivity contribution in [2.75, 3.05) is 5.75 Å². The number of nitrogens with one attached hydrogen (secondary N) is 1. The summed E-state index contributed by atoms with van der Waals surface area (Å²) >= 11 is 13.7. The maximum atomic E-state index is 12.6. The minimum Gasteiger partial charge on any atom is -0.487 e. The molecule has 0 bridgehead atoms. The van der Waals surface area contributed by atoms with Crippen LogP contribution in [0.5, 0.6) is 5.75 Å². The Hall–Kier alpha value is -1.36. The zero-order valence-corrected chi connectivity index (χ0v) is 18.5. The molecule has 1 amide bonds. The lowest BCUT2D eigenvalue weighted by Gasteiger charge is -2.41. The number of rotatable bonds is 7. The number of ether oxygens (including phenoxy) is 1. The summed E-state index contributed by atoms with van der Waals surface area (Å²) < 4.78 is 6.31. The van der Waals surface area contributed by atoms with Gasteiger partial charge in [-0.1, -0.05) is 61.3 Å². The second kappa shape index (κ2) is 9.43. The molecular formula is C22H25Cl2NO2S. The van der Waals surface area contributed by atoms with Crippen molar-refractivity contribution < 1.29 is 9.53 Å². The van der Waals surface area contributed by atoms with E-state index in [-0.39, 0.29) is 17.6 Å². The van der Waals surface area contributed by atoms with Crippen LogP contribution in [-0.4, -0.2) is 17.3 Å². The molecule has 28 heavy (non-hydrogen) atoms. The maximum absolute atomic E-state index is 12.6. The van der Waals surface area contributed by atoms with Gasteiger partial charge in [0.1, 0.15) is 11.4 Å². The van der Waals surface area contributed by atoms with E-state index in [1.165, 1.54) is 0 Å². The van der Waals surface area contributed by atoms with Gasteiger partial charge in [-0.3, -0.25) is 4.79 Å². The highest BCUT2D eigenvalue weighted by atomic mass is 35.5. The molecule has 0 saturated heterocycles. The Morgan fingerprint density at radius 2 is 1.96 bits per heavy atom. The van der Waals surface area contributed by atoms with Crippen LogP contribution in [-0.2, 0) is 10.5 Å². The number of fused-ring (bicyclic) bond motifs is 1. The van der Waals surface area contributed by atoms with E-state index in [4.69, 9.17) is 27.9 Å². The number of hydrogen-bond donors (Lipinski definition) is 1. The summed E-state index contributed by atoms with van der Waals surface area (Å²) in [7, 11) is 0. The fourth-order valence-corrected chi connectivity index (χ4v) is 4.96. The lowest BCUT2D eigenvalue weighted by Crippen LogP contribution is -2.44. The Morgan fingerprint density at radius 3 is 2.68 bits per heavy atom. The van der Waals surface area contributed by atoms with Gasteiger partial charge >= 0.3 is 0 Å². The first-order chi connectivity index (χ1) is 13.5. The van der Waals surface area contributed by atoms with Crippen LogP contribution >= 0.6 is 35.0 Å². The fourth-order valence-electron chi connectivity index (χ4n) is 3.56. The van der Waals surface area contributed by atoms with Crippen molar-refractivity contribution in [3.8, 4) is 5.75 Å². The summed E-state index contributed by atoms with van der Waals surface area (Å²) in [5.41, 5.74) is 1.81. The molecule has 1 N–H and O–H groups in total. The Bertz CT molecular complexity index is 839. The number of halogens is 2. The molecule has 3 rings (SSSR count). The maximum Gasteiger partial charge on any atom is 0.230 e. The Morgan fingerprint density at radius 1 is 1.21 bits per heavy atom. The molecule has 2 aromatic rings. The number of para-hydroxylation sites is 1. The van der Waals surface area contributed by atoms with Gasteiger partial charge in [-0.05, 0) is 36.6 Å². The van der Waals surface area contributed by atoms with Gasteiger partial charge in [0.05, 0.1) is 11.8 Å². The van der Waals surface area contributed by atoms with E-state index in [1.54, 1.807) is 17.8 Å². The normalized spacial score (nSPS) is 17.5. The largest absolute Gasteiger partial charge is 0.487 e. The molecule has 0 aliphatic carbocycles. The highest BCUT2D eigenvalue weighted by molar-refractivity contribution is 7.99. The van der Waals surface area contributed by atoms with Gasteiger partial charge < -0.3 is 10.1 Å². The van der Waals surface area contributed by atoms with E-state index in [0.717, 1.165) is 36.1 Å². The van der Waals surface area contributed by atoms with Gasteiger partial charge in [-0.15, -0.1) is 11.8 Å². The standard InChI is InChI=1S/C22H25Cl2NO2S/c1-3-22(4-2)12-19(17-7-5-6-8-20(17)27-22)25-21(26)14-28-13-15-9-10-16(23)11-18(15)24/h5-11,19H,3-4,12-14H2,1-2H3,(H,25,26)/t19-/m0/s1. The zero-order chi connectivity index (χ0) is 20.1. The second-order valence-corrected chi connectivity index (χ2v) is 8.91. The zero-order valence-electron chi connectivity index (χ0n) is 16.1. The average molecular weight is 438 g/mol. The molecule has 0 spiro atoms. The van der Waals surface area contributed by atoms with Crippen LogP contribution in [0.15, 0.2) is 42.5 Å². The second-order valence-electron chi connectivity index (χ2n) is 7.08. The van der Waals surface area contributed by atoms with Crippen molar-refractivity contribution in [3.63, 3.8) is 0 Å². The third kappa shape index (κ3) is 4.97. The summed E-state index contributed by atoms with van der Waals surface area (Å²) in [4.78, 5) is 12.6. The first kappa shape index (κ1) is 21.4. The van der Waals surface area contributed by atoms with Crippen molar-refractivity contribution in [2.45, 2.75) is 50.5 Å². The molecule has 0 aromatic heterocycles. The minimum absolute atomic E-state index is 0.0258. The Balaban J connectivity index is 1.62. The number of carbonyl (C=O) groups excluding carboxylic acids is 1. The summed E-state index contributed by atoms with van der Waals surface area (Å²) in [5.74, 6) is 1.95. The lowest BCUT2D eigenvalue weighted by atomic mass is 9.83. The van der Waals surface area contributed by atoms with Crippen molar-refractivity contribution in [1.29, 1.82) is 0 Å². The monoisotopic (exact) mass is 437 g/mol. The van der Waals surface area contributed by atoms with Gasteiger partial charge in [0.2, 0.25) is 5.91 Å². The highest BCUT2D eigenvalue weighted by Gasteiger charge is 2.38. The SMILES string of the molecule is CCC1(CC)C[C@H](NC(=O)CSCc2ccc(Cl)cc2Cl)c2ccccc2O1. The molecule has 150 valence electrons. The lowest BCUT2D eigenvalue weighted by molar-refractivity contribution is -0.120. The molecule has 0 unspecified atom stereocenters. The molecule has 0 radical (unpaired) electrons. The van der Waals surface area contributed by atoms with Crippen molar-refractivity contribution in [1.82, 2.24) is 5.32 Å². The summed E-state index contributed by atoms with van der Waals surface area (Å²) in [6.45, 7) is 4.28. The first-order valence-electron chi connectivity index (χ1n) is 9.55. The fraction of sp³-hybridized carbons (Fsp3) is 0.409. The van der Waals surface area contributed by atoms with Gasteiger partial charge in [0.25, 0.3) is 0 Å². The number of amides is 1. The molecule has 0 fully saturated rings. The van der Waals surface area contributed by atoms with E-state index < -0.39 is 0 Å². The molecule has 3 nitrogen and oxygen atoms in total. The smallest absolute Gasteiger partial charge is 0.230 e. The third-order valence-electron chi connectivity index (χ3n) is 5.33. The quantitative estimate of drug-likeness (QED) is 0.542. The summed E-state index contributed by atoms with van der Waals surface area (Å²) in [5, 5.41) is 4.46. The molecule has 1 atom stereocenters. The van der Waals surface area contributed by atoms with Gasteiger partial charge in [0, 0.05) is 27.8 Å². The van der Waals surface area contributed by atoms with Crippen LogP contribution in [0.4, 0.5) is 0 Å². The van der Waals surface area contributed by atoms with E-state index in [1.807, 2.05) is 36.4 Å². The summed E-state index contributed by atoms with van der Waals surface area (Å²) in [6, 6.07) is 13.4. The van der Waals surface area contributed by atoms with Crippen LogP contribution in [0, 0.1) is 0 Å². The van der Waals surface area contributed by atoms with Crippen LogP contribution in [0.3, 0.4) is 0 Å². The molecule has 1 aliphatic rings. The minimum atomic E-state index is -0.226. The topological polar surface area (TPSA) is 38.3 Å². The Labute approximate surface area is 181 Å². The molecule has 6 heteroatoms. The predicted octanol–water partition coefficient (Wildman–Crippen LogP) is 6.43. The van der Waals surface area contributed by atoms with Gasteiger partial charge in [0.15, 0.2) is 0 Å². The predicted molar refractivity (Wildman–Crippen MR) is 119 cm³/mol. The van der Waals surface area contributed by atoms with Gasteiger partial charge in [-0.25, -0.2) is 0 Å². The Kier molecular flexibility index (Phi) is 7.19. The molecule has 1 heterocycles. The van der Waals surface area contributed by atoms with Crippen molar-refractivity contribution in [3.05, 3.63) is 63.6 Å².